The first-order valence-corrected chi connectivity index (χ1v) is 9.10. The number of fused-ring (bicyclic) bond motifs is 1. The number of allylic oxidation sites excluding steroid dienone is 1. The molecule has 0 unspecified atom stereocenters. The molecule has 3 rings (SSSR count). The fourth-order valence-electron chi connectivity index (χ4n) is 4.94. The lowest BCUT2D eigenvalue weighted by Gasteiger charge is -2.44. The fourth-order valence-corrected chi connectivity index (χ4v) is 4.94. The van der Waals surface area contributed by atoms with Crippen molar-refractivity contribution < 1.29 is 28.6 Å². The molecule has 0 bridgehead atoms. The van der Waals surface area contributed by atoms with Gasteiger partial charge in [-0.3, -0.25) is 4.79 Å². The molecule has 0 amide bonds. The third kappa shape index (κ3) is 3.29. The maximum Gasteiger partial charge on any atom is 0.337 e. The first-order chi connectivity index (χ1) is 12.2. The SMILES string of the molecule is C=C(C(=O)OC)[C@@H]1CCC[C@@]2(CC3=CC(=O)OC(C)(C)O3)CCC(=O)[C@@H]12. The van der Waals surface area contributed by atoms with Crippen LogP contribution in [-0.2, 0) is 28.6 Å². The van der Waals surface area contributed by atoms with Crippen LogP contribution in [0.25, 0.3) is 0 Å². The molecule has 0 N–H and O–H groups in total. The van der Waals surface area contributed by atoms with Gasteiger partial charge in [-0.2, -0.15) is 0 Å². The number of rotatable bonds is 4. The first kappa shape index (κ1) is 18.7. The molecule has 0 aromatic heterocycles. The summed E-state index contributed by atoms with van der Waals surface area (Å²) in [6.07, 6.45) is 5.59. The van der Waals surface area contributed by atoms with Crippen molar-refractivity contribution in [2.24, 2.45) is 17.3 Å². The summed E-state index contributed by atoms with van der Waals surface area (Å²) in [6.45, 7) is 7.29. The Bertz CT molecular complexity index is 688. The van der Waals surface area contributed by atoms with E-state index in [1.807, 2.05) is 0 Å². The summed E-state index contributed by atoms with van der Waals surface area (Å²) in [5, 5.41) is 0. The third-order valence-electron chi connectivity index (χ3n) is 5.89. The van der Waals surface area contributed by atoms with E-state index in [0.29, 0.717) is 24.2 Å². The van der Waals surface area contributed by atoms with E-state index < -0.39 is 17.7 Å². The van der Waals surface area contributed by atoms with Crippen LogP contribution in [0.2, 0.25) is 0 Å². The molecule has 26 heavy (non-hydrogen) atoms. The average molecular weight is 362 g/mol. The number of methoxy groups -OCH3 is 1. The summed E-state index contributed by atoms with van der Waals surface area (Å²) in [5.41, 5.74) is 0.0614. The van der Waals surface area contributed by atoms with Crippen LogP contribution in [0.5, 0.6) is 0 Å². The molecule has 3 aliphatic rings. The van der Waals surface area contributed by atoms with Gasteiger partial charge in [0, 0.05) is 44.1 Å². The number of carbonyl (C=O) groups is 3. The van der Waals surface area contributed by atoms with Gasteiger partial charge in [-0.1, -0.05) is 13.0 Å². The number of hydrogen-bond donors (Lipinski definition) is 0. The fraction of sp³-hybridized carbons (Fsp3) is 0.650. The van der Waals surface area contributed by atoms with Crippen molar-refractivity contribution in [1.82, 2.24) is 0 Å². The van der Waals surface area contributed by atoms with Crippen LogP contribution in [0.1, 0.15) is 52.4 Å². The minimum atomic E-state index is -1.01. The van der Waals surface area contributed by atoms with Crippen LogP contribution >= 0.6 is 0 Å². The molecule has 0 saturated heterocycles. The van der Waals surface area contributed by atoms with Gasteiger partial charge in [0.25, 0.3) is 0 Å². The summed E-state index contributed by atoms with van der Waals surface area (Å²) in [5.74, 6) is -1.68. The van der Waals surface area contributed by atoms with Gasteiger partial charge in [-0.15, -0.1) is 0 Å². The van der Waals surface area contributed by atoms with Gasteiger partial charge in [0.2, 0.25) is 5.79 Å². The highest BCUT2D eigenvalue weighted by Crippen LogP contribution is 2.58. The molecule has 2 fully saturated rings. The highest BCUT2D eigenvalue weighted by Gasteiger charge is 2.55. The Morgan fingerprint density at radius 1 is 1.31 bits per heavy atom. The lowest BCUT2D eigenvalue weighted by atomic mass is 9.60. The van der Waals surface area contributed by atoms with Gasteiger partial charge >= 0.3 is 11.9 Å². The Morgan fingerprint density at radius 2 is 2.04 bits per heavy atom. The van der Waals surface area contributed by atoms with Gasteiger partial charge in [0.1, 0.15) is 11.5 Å². The minimum Gasteiger partial charge on any atom is -0.466 e. The predicted octanol–water partition coefficient (Wildman–Crippen LogP) is 3.06. The summed E-state index contributed by atoms with van der Waals surface area (Å²) < 4.78 is 15.8. The lowest BCUT2D eigenvalue weighted by molar-refractivity contribution is -0.207. The number of hydrogen-bond acceptors (Lipinski definition) is 6. The van der Waals surface area contributed by atoms with E-state index >= 15 is 0 Å². The number of Topliss-reactive ketones (excluding diaryl/α,β-unsaturated/α-hetero) is 1. The van der Waals surface area contributed by atoms with E-state index in [0.717, 1.165) is 25.7 Å². The van der Waals surface area contributed by atoms with Gasteiger partial charge in [0.05, 0.1) is 13.2 Å². The number of esters is 2. The second-order valence-corrected chi connectivity index (χ2v) is 8.03. The van der Waals surface area contributed by atoms with E-state index in [4.69, 9.17) is 14.2 Å². The molecule has 1 heterocycles. The Labute approximate surface area is 153 Å². The monoisotopic (exact) mass is 362 g/mol. The maximum atomic E-state index is 12.7. The summed E-state index contributed by atoms with van der Waals surface area (Å²) >= 11 is 0. The van der Waals surface area contributed by atoms with Crippen molar-refractivity contribution in [2.75, 3.05) is 7.11 Å². The highest BCUT2D eigenvalue weighted by atomic mass is 16.7. The number of ether oxygens (including phenoxy) is 3. The van der Waals surface area contributed by atoms with Crippen molar-refractivity contribution in [3.8, 4) is 0 Å². The van der Waals surface area contributed by atoms with Gasteiger partial charge in [-0.05, 0) is 24.7 Å². The van der Waals surface area contributed by atoms with Crippen LogP contribution in [0.4, 0.5) is 0 Å². The van der Waals surface area contributed by atoms with Crippen molar-refractivity contribution in [1.29, 1.82) is 0 Å². The first-order valence-electron chi connectivity index (χ1n) is 9.10. The van der Waals surface area contributed by atoms with Crippen LogP contribution in [0.3, 0.4) is 0 Å². The molecule has 1 aliphatic heterocycles. The molecule has 2 saturated carbocycles. The number of cyclic esters (lactones) is 1. The Hall–Kier alpha value is -2.11. The van der Waals surface area contributed by atoms with E-state index in [1.54, 1.807) is 13.8 Å². The van der Waals surface area contributed by atoms with Crippen molar-refractivity contribution in [3.63, 3.8) is 0 Å². The third-order valence-corrected chi connectivity index (χ3v) is 5.89. The molecule has 142 valence electrons. The second kappa shape index (κ2) is 6.56. The molecule has 2 aliphatic carbocycles. The topological polar surface area (TPSA) is 78.9 Å². The lowest BCUT2D eigenvalue weighted by Crippen LogP contribution is -2.42. The summed E-state index contributed by atoms with van der Waals surface area (Å²) in [6, 6.07) is 0. The average Bonchev–Trinajstić information content (AvgIpc) is 2.88. The Kier molecular flexibility index (Phi) is 4.71. The molecule has 0 spiro atoms. The molecule has 6 nitrogen and oxygen atoms in total. The second-order valence-electron chi connectivity index (χ2n) is 8.03. The van der Waals surface area contributed by atoms with Crippen molar-refractivity contribution in [2.45, 2.75) is 58.2 Å². The van der Waals surface area contributed by atoms with E-state index in [2.05, 4.69) is 6.58 Å². The Balaban J connectivity index is 1.89. The molecule has 0 radical (unpaired) electrons. The van der Waals surface area contributed by atoms with Gasteiger partial charge in [0.15, 0.2) is 0 Å². The van der Waals surface area contributed by atoms with Crippen LogP contribution in [0.15, 0.2) is 24.0 Å². The van der Waals surface area contributed by atoms with E-state index in [-0.39, 0.29) is 23.0 Å². The van der Waals surface area contributed by atoms with Crippen molar-refractivity contribution in [3.05, 3.63) is 24.0 Å². The Morgan fingerprint density at radius 3 is 2.69 bits per heavy atom. The summed E-state index contributed by atoms with van der Waals surface area (Å²) in [7, 11) is 1.33. The smallest absolute Gasteiger partial charge is 0.337 e. The largest absolute Gasteiger partial charge is 0.466 e. The molecular formula is C20H26O6. The van der Waals surface area contributed by atoms with Gasteiger partial charge < -0.3 is 14.2 Å². The molecule has 0 aromatic rings. The summed E-state index contributed by atoms with van der Waals surface area (Å²) in [4.78, 5) is 36.6. The molecular weight excluding hydrogens is 336 g/mol. The zero-order chi connectivity index (χ0) is 19.1. The quantitative estimate of drug-likeness (QED) is 0.565. The standard InChI is InChI=1S/C20H26O6/c1-12(18(23)24-4)14-6-5-8-20(9-7-15(21)17(14)20)11-13-10-16(22)26-19(2,3)25-13/h10,14,17H,1,5-9,11H2,2-4H3/t14-,17+,20-/m0/s1. The minimum absolute atomic E-state index is 0.165. The van der Waals surface area contributed by atoms with Crippen LogP contribution < -0.4 is 0 Å². The normalized spacial score (nSPS) is 32.8. The number of carbonyl (C=O) groups excluding carboxylic acids is 3. The van der Waals surface area contributed by atoms with Gasteiger partial charge in [-0.25, -0.2) is 9.59 Å². The van der Waals surface area contributed by atoms with Crippen LogP contribution in [-0.4, -0.2) is 30.6 Å². The van der Waals surface area contributed by atoms with E-state index in [9.17, 15) is 14.4 Å². The maximum absolute atomic E-state index is 12.7. The highest BCUT2D eigenvalue weighted by molar-refractivity contribution is 5.92. The predicted molar refractivity (Wildman–Crippen MR) is 92.6 cm³/mol. The number of ketones is 1. The van der Waals surface area contributed by atoms with Crippen molar-refractivity contribution >= 4 is 17.7 Å². The molecule has 6 heteroatoms. The zero-order valence-corrected chi connectivity index (χ0v) is 15.6. The molecule has 0 aromatic carbocycles. The van der Waals surface area contributed by atoms with Crippen LogP contribution in [0, 0.1) is 17.3 Å². The van der Waals surface area contributed by atoms with E-state index in [1.165, 1.54) is 13.2 Å². The zero-order valence-electron chi connectivity index (χ0n) is 15.6. The molecule has 3 atom stereocenters.